The molecule has 0 saturated carbocycles. The van der Waals surface area contributed by atoms with E-state index < -0.39 is 45.6 Å². The van der Waals surface area contributed by atoms with Crippen LogP contribution < -0.4 is 0 Å². The molecule has 0 bridgehead atoms. The minimum atomic E-state index is -2.26. The molecule has 5 heteroatoms. The molecule has 27 heavy (non-hydrogen) atoms. The molecule has 0 aromatic heterocycles. The average Bonchev–Trinajstić information content (AvgIpc) is 2.83. The summed E-state index contributed by atoms with van der Waals surface area (Å²) in [6.07, 6.45) is 3.26. The van der Waals surface area contributed by atoms with E-state index in [2.05, 4.69) is 92.4 Å². The molecule has 1 fully saturated rings. The van der Waals surface area contributed by atoms with Gasteiger partial charge in [-0.1, -0.05) is 0 Å². The van der Waals surface area contributed by atoms with Gasteiger partial charge >= 0.3 is 179 Å². The van der Waals surface area contributed by atoms with Gasteiger partial charge in [0.1, 0.15) is 0 Å². The molecule has 0 amide bonds. The Labute approximate surface area is 178 Å². The fraction of sp³-hybridized carbons (Fsp3) is 0.909. The third kappa shape index (κ3) is 2.96. The summed E-state index contributed by atoms with van der Waals surface area (Å²) in [4.78, 5) is 0. The minimum absolute atomic E-state index is 0.847. The molecule has 0 aromatic carbocycles. The van der Waals surface area contributed by atoms with Gasteiger partial charge in [0.05, 0.1) is 0 Å². The Balaban J connectivity index is 3.01. The van der Waals surface area contributed by atoms with Crippen LogP contribution in [0.2, 0.25) is 96.1 Å². The number of hydrogen-bond donors (Lipinski definition) is 0. The molecule has 0 atom stereocenters. The molecule has 1 spiro atoms. The van der Waals surface area contributed by atoms with Gasteiger partial charge in [-0.15, -0.1) is 0 Å². The number of rotatable bonds is 4. The van der Waals surface area contributed by atoms with Crippen molar-refractivity contribution in [2.75, 3.05) is 0 Å². The first-order chi connectivity index (χ1) is 11.7. The SMILES string of the molecule is CC1=C(C)[CH2][Ge]2([CH2]1)[C]([Si](C)(C)C)([Si](C)(C)C)CC[C]2([Si](C)(C)C)[Si](C)(C)C. The fourth-order valence-electron chi connectivity index (χ4n) is 9.71. The van der Waals surface area contributed by atoms with Crippen molar-refractivity contribution in [3.63, 3.8) is 0 Å². The van der Waals surface area contributed by atoms with Gasteiger partial charge in [-0.2, -0.15) is 0 Å². The van der Waals surface area contributed by atoms with Crippen LogP contribution in [0.1, 0.15) is 26.7 Å². The van der Waals surface area contributed by atoms with Crippen molar-refractivity contribution in [1.29, 1.82) is 0 Å². The van der Waals surface area contributed by atoms with Crippen molar-refractivity contribution in [2.45, 2.75) is 123 Å². The summed E-state index contributed by atoms with van der Waals surface area (Å²) < 4.78 is 1.69. The van der Waals surface area contributed by atoms with Crippen LogP contribution in [-0.4, -0.2) is 45.6 Å². The van der Waals surface area contributed by atoms with Crippen molar-refractivity contribution < 1.29 is 0 Å². The van der Waals surface area contributed by atoms with Crippen LogP contribution in [0.3, 0.4) is 0 Å². The summed E-state index contributed by atoms with van der Waals surface area (Å²) >= 11 is -2.26. The van der Waals surface area contributed by atoms with Crippen LogP contribution in [0.5, 0.6) is 0 Å². The van der Waals surface area contributed by atoms with Gasteiger partial charge in [0.25, 0.3) is 0 Å². The van der Waals surface area contributed by atoms with E-state index in [4.69, 9.17) is 0 Å². The summed E-state index contributed by atoms with van der Waals surface area (Å²) in [6.45, 7) is 38.6. The molecule has 2 rings (SSSR count). The summed E-state index contributed by atoms with van der Waals surface area (Å²) in [5.74, 6) is 0. The quantitative estimate of drug-likeness (QED) is 0.268. The van der Waals surface area contributed by atoms with E-state index in [9.17, 15) is 0 Å². The Morgan fingerprint density at radius 1 is 0.519 bits per heavy atom. The maximum atomic E-state index is 2.80. The van der Waals surface area contributed by atoms with E-state index in [1.807, 2.05) is 11.1 Å². The van der Waals surface area contributed by atoms with Gasteiger partial charge in [-0.25, -0.2) is 0 Å². The first kappa shape index (κ1) is 24.4. The normalized spacial score (nSPS) is 25.6. The second-order valence-electron chi connectivity index (χ2n) is 14.3. The van der Waals surface area contributed by atoms with Gasteiger partial charge < -0.3 is 0 Å². The zero-order valence-corrected chi connectivity index (χ0v) is 27.4. The van der Waals surface area contributed by atoms with Gasteiger partial charge in [0.2, 0.25) is 0 Å². The molecular weight excluding hydrogens is 449 g/mol. The van der Waals surface area contributed by atoms with E-state index in [-0.39, 0.29) is 0 Å². The van der Waals surface area contributed by atoms with E-state index in [0.717, 1.165) is 6.99 Å². The van der Waals surface area contributed by atoms with Crippen LogP contribution in [0.25, 0.3) is 0 Å². The van der Waals surface area contributed by atoms with Gasteiger partial charge in [0.15, 0.2) is 0 Å². The van der Waals surface area contributed by atoms with Gasteiger partial charge in [-0.05, 0) is 0 Å². The average molecular weight is 500 g/mol. The first-order valence-electron chi connectivity index (χ1n) is 11.4. The molecular formula is C22H50GeSi4. The van der Waals surface area contributed by atoms with Crippen LogP contribution >= 0.6 is 0 Å². The second kappa shape index (κ2) is 6.57. The third-order valence-corrected chi connectivity index (χ3v) is 71.2. The van der Waals surface area contributed by atoms with Crippen LogP contribution in [-0.2, 0) is 0 Å². The number of allylic oxidation sites excluding steroid dienone is 2. The Bertz CT molecular complexity index is 551. The Kier molecular flexibility index (Phi) is 5.94. The molecule has 0 aliphatic carbocycles. The fourth-order valence-corrected chi connectivity index (χ4v) is 95.7. The van der Waals surface area contributed by atoms with E-state index in [1.54, 1.807) is 23.3 Å². The van der Waals surface area contributed by atoms with Crippen molar-refractivity contribution in [3.8, 4) is 0 Å². The maximum absolute atomic E-state index is 2.80. The molecule has 2 heterocycles. The summed E-state index contributed by atoms with van der Waals surface area (Å²) in [6, 6.07) is 0. The summed E-state index contributed by atoms with van der Waals surface area (Å²) in [5.41, 5.74) is 3.69. The molecule has 0 radical (unpaired) electrons. The van der Waals surface area contributed by atoms with Crippen molar-refractivity contribution in [3.05, 3.63) is 11.1 Å². The standard InChI is InChI=1S/C22H50GeSi4/c1-19-17-23(18-20(19)2)21(24(3,4)5,25(6,7)8)15-16-22(23,26(9,10)11)27(12,13)14/h15-18H2,1-14H3. The number of hydrogen-bond acceptors (Lipinski definition) is 0. The van der Waals surface area contributed by atoms with Gasteiger partial charge in [0, 0.05) is 0 Å². The molecule has 0 aromatic rings. The molecule has 0 nitrogen and oxygen atoms in total. The van der Waals surface area contributed by atoms with E-state index in [1.165, 1.54) is 0 Å². The monoisotopic (exact) mass is 500 g/mol. The molecule has 158 valence electrons. The summed E-state index contributed by atoms with van der Waals surface area (Å²) in [7, 11) is -5.16. The topological polar surface area (TPSA) is 0 Å². The van der Waals surface area contributed by atoms with E-state index in [0.29, 0.717) is 0 Å². The van der Waals surface area contributed by atoms with Crippen LogP contribution in [0.4, 0.5) is 0 Å². The molecule has 2 aliphatic heterocycles. The van der Waals surface area contributed by atoms with Crippen molar-refractivity contribution in [2.24, 2.45) is 0 Å². The predicted molar refractivity (Wildman–Crippen MR) is 142 cm³/mol. The van der Waals surface area contributed by atoms with Crippen molar-refractivity contribution >= 4 is 45.6 Å². The Morgan fingerprint density at radius 3 is 0.926 bits per heavy atom. The van der Waals surface area contributed by atoms with Gasteiger partial charge in [-0.3, -0.25) is 0 Å². The van der Waals surface area contributed by atoms with E-state index >= 15 is 0 Å². The van der Waals surface area contributed by atoms with Crippen LogP contribution in [0, 0.1) is 0 Å². The molecule has 0 N–H and O–H groups in total. The predicted octanol–water partition coefficient (Wildman–Crippen LogP) is 8.57. The van der Waals surface area contributed by atoms with Crippen molar-refractivity contribution in [1.82, 2.24) is 0 Å². The molecule has 0 unspecified atom stereocenters. The zero-order valence-electron chi connectivity index (χ0n) is 21.3. The third-order valence-electron chi connectivity index (χ3n) is 9.49. The molecule has 1 saturated heterocycles. The zero-order chi connectivity index (χ0) is 21.5. The van der Waals surface area contributed by atoms with Crippen LogP contribution in [0.15, 0.2) is 11.1 Å². The Morgan fingerprint density at radius 2 is 0.741 bits per heavy atom. The second-order valence-corrected chi connectivity index (χ2v) is 50.5. The Hall–Kier alpha value is 1.15. The molecule has 2 aliphatic rings. The first-order valence-corrected chi connectivity index (χ1v) is 30.4. The summed E-state index contributed by atoms with van der Waals surface area (Å²) in [5, 5.41) is 3.24.